The van der Waals surface area contributed by atoms with Crippen molar-refractivity contribution in [3.05, 3.63) is 58.4 Å². The number of carbonyl (C=O) groups is 1. The number of rotatable bonds is 3. The number of amides is 1. The van der Waals surface area contributed by atoms with Gasteiger partial charge in [-0.25, -0.2) is 8.42 Å². The summed E-state index contributed by atoms with van der Waals surface area (Å²) in [4.78, 5) is 18.8. The van der Waals surface area contributed by atoms with Crippen molar-refractivity contribution in [1.29, 1.82) is 0 Å². The first-order valence-corrected chi connectivity index (χ1v) is 10.9. The number of fused-ring (bicyclic) bond motifs is 1. The monoisotopic (exact) mass is 405 g/mol. The molecule has 27 heavy (non-hydrogen) atoms. The van der Waals surface area contributed by atoms with Gasteiger partial charge >= 0.3 is 0 Å². The van der Waals surface area contributed by atoms with E-state index in [4.69, 9.17) is 11.6 Å². The average molecular weight is 406 g/mol. The van der Waals surface area contributed by atoms with Crippen LogP contribution in [0.5, 0.6) is 0 Å². The fourth-order valence-corrected chi connectivity index (χ4v) is 5.41. The largest absolute Gasteiger partial charge is 0.306 e. The molecule has 1 amide bonds. The van der Waals surface area contributed by atoms with E-state index in [9.17, 15) is 13.2 Å². The third kappa shape index (κ3) is 3.72. The Hall–Kier alpha value is -1.96. The van der Waals surface area contributed by atoms with Crippen molar-refractivity contribution >= 4 is 33.2 Å². The third-order valence-corrected chi connectivity index (χ3v) is 7.19. The molecule has 1 aromatic heterocycles. The second-order valence-electron chi connectivity index (χ2n) is 6.92. The molecule has 1 fully saturated rings. The summed E-state index contributed by atoms with van der Waals surface area (Å²) in [6, 6.07) is 7.17. The van der Waals surface area contributed by atoms with Crippen LogP contribution in [0.2, 0.25) is 5.02 Å². The van der Waals surface area contributed by atoms with E-state index in [1.165, 1.54) is 4.31 Å². The second kappa shape index (κ2) is 7.22. The highest BCUT2D eigenvalue weighted by molar-refractivity contribution is 7.89. The number of pyridine rings is 1. The van der Waals surface area contributed by atoms with E-state index in [1.54, 1.807) is 29.4 Å². The minimum atomic E-state index is -3.20. The number of sulfonamides is 1. The van der Waals surface area contributed by atoms with Gasteiger partial charge in [0.15, 0.2) is 0 Å². The Morgan fingerprint density at radius 2 is 1.96 bits per heavy atom. The molecule has 4 rings (SSSR count). The zero-order valence-corrected chi connectivity index (χ0v) is 16.3. The zero-order chi connectivity index (χ0) is 19.0. The number of carbonyl (C=O) groups excluding carboxylic acids is 1. The molecule has 0 spiro atoms. The van der Waals surface area contributed by atoms with Crippen LogP contribution in [-0.4, -0.2) is 42.5 Å². The van der Waals surface area contributed by atoms with Crippen molar-refractivity contribution in [2.75, 3.05) is 23.7 Å². The standard InChI is InChI=1S/C19H20ClN3O3S/c20-16-3-4-18-15(10-16)5-7-23(19(18)24)17-9-14(11-21-12-17)13-22-6-1-2-8-27(22,25)26/h3-4,9-12H,1-2,5-8,13H2. The van der Waals surface area contributed by atoms with Gasteiger partial charge in [0.05, 0.1) is 17.6 Å². The maximum Gasteiger partial charge on any atom is 0.258 e. The molecule has 2 aliphatic rings. The van der Waals surface area contributed by atoms with E-state index in [0.29, 0.717) is 42.2 Å². The summed E-state index contributed by atoms with van der Waals surface area (Å²) in [6.45, 7) is 1.36. The van der Waals surface area contributed by atoms with Crippen molar-refractivity contribution in [2.45, 2.75) is 25.8 Å². The van der Waals surface area contributed by atoms with Crippen LogP contribution in [0.25, 0.3) is 0 Å². The lowest BCUT2D eigenvalue weighted by Gasteiger charge is -2.29. The molecule has 0 unspecified atom stereocenters. The van der Waals surface area contributed by atoms with E-state index in [0.717, 1.165) is 17.5 Å². The molecule has 1 saturated heterocycles. The van der Waals surface area contributed by atoms with Crippen molar-refractivity contribution < 1.29 is 13.2 Å². The van der Waals surface area contributed by atoms with Gasteiger partial charge in [0.1, 0.15) is 0 Å². The number of nitrogens with zero attached hydrogens (tertiary/aromatic N) is 3. The molecule has 142 valence electrons. The highest BCUT2D eigenvalue weighted by Crippen LogP contribution is 2.27. The quantitative estimate of drug-likeness (QED) is 0.787. The minimum absolute atomic E-state index is 0.0857. The summed E-state index contributed by atoms with van der Waals surface area (Å²) in [5.74, 6) is 0.113. The van der Waals surface area contributed by atoms with E-state index >= 15 is 0 Å². The number of hydrogen-bond acceptors (Lipinski definition) is 4. The summed E-state index contributed by atoms with van der Waals surface area (Å²) in [5.41, 5.74) is 3.07. The number of aromatic nitrogens is 1. The van der Waals surface area contributed by atoms with Gasteiger partial charge in [-0.3, -0.25) is 9.78 Å². The van der Waals surface area contributed by atoms with Crippen LogP contribution in [0.3, 0.4) is 0 Å². The van der Waals surface area contributed by atoms with Crippen LogP contribution in [-0.2, 0) is 23.0 Å². The van der Waals surface area contributed by atoms with Crippen molar-refractivity contribution in [3.63, 3.8) is 0 Å². The first kappa shape index (κ1) is 18.4. The smallest absolute Gasteiger partial charge is 0.258 e. The molecule has 3 heterocycles. The highest BCUT2D eigenvalue weighted by atomic mass is 35.5. The molecule has 0 aliphatic carbocycles. The topological polar surface area (TPSA) is 70.6 Å². The van der Waals surface area contributed by atoms with Gasteiger partial charge in [-0.2, -0.15) is 4.31 Å². The molecule has 1 aromatic carbocycles. The Kier molecular flexibility index (Phi) is 4.92. The van der Waals surface area contributed by atoms with Gasteiger partial charge in [-0.15, -0.1) is 0 Å². The van der Waals surface area contributed by atoms with Crippen molar-refractivity contribution in [3.8, 4) is 0 Å². The highest BCUT2D eigenvalue weighted by Gasteiger charge is 2.28. The first-order valence-electron chi connectivity index (χ1n) is 8.96. The van der Waals surface area contributed by atoms with E-state index < -0.39 is 10.0 Å². The molecule has 2 aliphatic heterocycles. The van der Waals surface area contributed by atoms with E-state index in [-0.39, 0.29) is 18.2 Å². The van der Waals surface area contributed by atoms with Crippen molar-refractivity contribution in [1.82, 2.24) is 9.29 Å². The van der Waals surface area contributed by atoms with Gasteiger partial charge in [0.2, 0.25) is 10.0 Å². The lowest BCUT2D eigenvalue weighted by molar-refractivity contribution is 0.0980. The predicted octanol–water partition coefficient (Wildman–Crippen LogP) is 2.86. The lowest BCUT2D eigenvalue weighted by atomic mass is 9.98. The van der Waals surface area contributed by atoms with Crippen LogP contribution in [0.4, 0.5) is 5.69 Å². The van der Waals surface area contributed by atoms with Crippen LogP contribution >= 0.6 is 11.6 Å². The van der Waals surface area contributed by atoms with Gasteiger partial charge in [0.25, 0.3) is 5.91 Å². The van der Waals surface area contributed by atoms with E-state index in [1.807, 2.05) is 12.1 Å². The fourth-order valence-electron chi connectivity index (χ4n) is 3.63. The molecule has 8 heteroatoms. The Morgan fingerprint density at radius 1 is 1.11 bits per heavy atom. The number of halogens is 1. The van der Waals surface area contributed by atoms with Crippen molar-refractivity contribution in [2.24, 2.45) is 0 Å². The molecule has 0 atom stereocenters. The molecule has 0 saturated carbocycles. The van der Waals surface area contributed by atoms with E-state index in [2.05, 4.69) is 4.98 Å². The summed E-state index contributed by atoms with van der Waals surface area (Å²) in [6.07, 6.45) is 5.61. The zero-order valence-electron chi connectivity index (χ0n) is 14.8. The summed E-state index contributed by atoms with van der Waals surface area (Å²) < 4.78 is 25.9. The minimum Gasteiger partial charge on any atom is -0.306 e. The molecule has 0 bridgehead atoms. The summed E-state index contributed by atoms with van der Waals surface area (Å²) in [5, 5.41) is 0.626. The molecular formula is C19H20ClN3O3S. The number of benzene rings is 1. The summed E-state index contributed by atoms with van der Waals surface area (Å²) in [7, 11) is -3.20. The number of hydrogen-bond donors (Lipinski definition) is 0. The normalized spacial score (nSPS) is 19.7. The van der Waals surface area contributed by atoms with Crippen LogP contribution in [0, 0.1) is 0 Å². The Bertz CT molecular complexity index is 993. The Balaban J connectivity index is 1.58. The molecular weight excluding hydrogens is 386 g/mol. The van der Waals surface area contributed by atoms with Gasteiger partial charge in [-0.05, 0) is 54.7 Å². The first-order chi connectivity index (χ1) is 12.9. The Morgan fingerprint density at radius 3 is 2.78 bits per heavy atom. The molecule has 2 aromatic rings. The molecule has 6 nitrogen and oxygen atoms in total. The predicted molar refractivity (Wildman–Crippen MR) is 105 cm³/mol. The van der Waals surface area contributed by atoms with Gasteiger partial charge in [0, 0.05) is 36.4 Å². The SMILES string of the molecule is O=C1c2ccc(Cl)cc2CCN1c1cncc(CN2CCCCS2(=O)=O)c1. The lowest BCUT2D eigenvalue weighted by Crippen LogP contribution is -2.38. The second-order valence-corrected chi connectivity index (χ2v) is 9.44. The average Bonchev–Trinajstić information content (AvgIpc) is 2.64. The maximum absolute atomic E-state index is 12.9. The number of anilines is 1. The van der Waals surface area contributed by atoms with Crippen LogP contribution in [0.15, 0.2) is 36.7 Å². The molecule has 0 N–H and O–H groups in total. The van der Waals surface area contributed by atoms with Gasteiger partial charge in [-0.1, -0.05) is 11.6 Å². The van der Waals surface area contributed by atoms with Crippen LogP contribution in [0.1, 0.15) is 34.3 Å². The van der Waals surface area contributed by atoms with Gasteiger partial charge < -0.3 is 4.90 Å². The third-order valence-electron chi connectivity index (χ3n) is 5.05. The maximum atomic E-state index is 12.9. The van der Waals surface area contributed by atoms with Crippen LogP contribution < -0.4 is 4.90 Å². The summed E-state index contributed by atoms with van der Waals surface area (Å²) >= 11 is 6.03. The molecule has 0 radical (unpaired) electrons. The fraction of sp³-hybridized carbons (Fsp3) is 0.368. The Labute approximate surface area is 163 Å².